The molecule has 2 aliphatic rings. The second-order valence-electron chi connectivity index (χ2n) is 11.0. The summed E-state index contributed by atoms with van der Waals surface area (Å²) in [5.41, 5.74) is 1.47. The normalized spacial score (nSPS) is 14.7. The minimum absolute atomic E-state index is 0. The molecule has 5 rings (SSSR count). The van der Waals surface area contributed by atoms with Crippen LogP contribution in [0.15, 0.2) is 91.0 Å². The number of nitrogens with one attached hydrogen (secondary N) is 1. The highest BCUT2D eigenvalue weighted by atomic mass is 35.5. The van der Waals surface area contributed by atoms with Crippen molar-refractivity contribution in [2.45, 2.75) is 44.8 Å². The maximum Gasteiger partial charge on any atom is 0.416 e. The number of carbonyl (C=O) groups excluding carboxylic acids is 2. The van der Waals surface area contributed by atoms with Gasteiger partial charge in [-0.1, -0.05) is 60.7 Å². The molecule has 7 nitrogen and oxygen atoms in total. The molecule has 0 aliphatic carbocycles. The number of esters is 1. The quantitative estimate of drug-likeness (QED) is 0.104. The number of carbonyl (C=O) groups is 2. The Bertz CT molecular complexity index is 1490. The van der Waals surface area contributed by atoms with E-state index >= 15 is 0 Å². The number of amides is 1. The number of alkyl halides is 3. The second kappa shape index (κ2) is 18.8. The molecule has 47 heavy (non-hydrogen) atoms. The lowest BCUT2D eigenvalue weighted by atomic mass is 10.0. The molecule has 1 atom stereocenters. The topological polar surface area (TPSA) is 77.1 Å². The summed E-state index contributed by atoms with van der Waals surface area (Å²) in [6.07, 6.45) is 6.84. The number of nitrogens with zero attached hydrogens (tertiary/aromatic N) is 1. The van der Waals surface area contributed by atoms with Crippen molar-refractivity contribution in [2.24, 2.45) is 0 Å². The zero-order valence-corrected chi connectivity index (χ0v) is 27.0. The minimum atomic E-state index is -4.34. The van der Waals surface area contributed by atoms with Crippen molar-refractivity contribution in [3.05, 3.63) is 113 Å². The number of ether oxygens (including phenoxy) is 3. The van der Waals surface area contributed by atoms with E-state index in [0.29, 0.717) is 24.1 Å². The average molecular weight is 673 g/mol. The number of rotatable bonds is 10. The van der Waals surface area contributed by atoms with E-state index < -0.39 is 17.7 Å². The smallest absolute Gasteiger partial charge is 0.416 e. The van der Waals surface area contributed by atoms with E-state index in [1.807, 2.05) is 48.2 Å². The second-order valence-corrected chi connectivity index (χ2v) is 11.0. The molecule has 3 aromatic carbocycles. The van der Waals surface area contributed by atoms with Crippen molar-refractivity contribution in [2.75, 3.05) is 33.0 Å². The Labute approximate surface area is 279 Å². The molecular formula is C36H40ClF3N2O5. The molecule has 3 aromatic rings. The number of piperidine rings is 1. The molecule has 1 unspecified atom stereocenters. The Balaban J connectivity index is 0.000000253. The lowest BCUT2D eigenvalue weighted by Gasteiger charge is -2.25. The molecule has 0 spiro atoms. The van der Waals surface area contributed by atoms with Gasteiger partial charge in [0, 0.05) is 31.8 Å². The fourth-order valence-electron chi connectivity index (χ4n) is 4.95. The van der Waals surface area contributed by atoms with E-state index in [2.05, 4.69) is 5.32 Å². The molecule has 1 saturated heterocycles. The zero-order chi connectivity index (χ0) is 32.8. The van der Waals surface area contributed by atoms with Crippen LogP contribution < -0.4 is 14.8 Å². The van der Waals surface area contributed by atoms with Crippen LogP contribution in [0.2, 0.25) is 0 Å². The number of benzene rings is 3. The minimum Gasteiger partial charge on any atom is -0.461 e. The van der Waals surface area contributed by atoms with E-state index in [1.54, 1.807) is 42.5 Å². The van der Waals surface area contributed by atoms with Gasteiger partial charge in [0.15, 0.2) is 11.5 Å². The summed E-state index contributed by atoms with van der Waals surface area (Å²) in [5.74, 6) is 1.26. The van der Waals surface area contributed by atoms with E-state index in [4.69, 9.17) is 14.2 Å². The molecule has 1 fully saturated rings. The number of allylic oxidation sites excluding steroid dienone is 2. The Morgan fingerprint density at radius 1 is 0.936 bits per heavy atom. The Morgan fingerprint density at radius 3 is 2.43 bits per heavy atom. The van der Waals surface area contributed by atoms with E-state index in [9.17, 15) is 22.8 Å². The largest absolute Gasteiger partial charge is 0.461 e. The van der Waals surface area contributed by atoms with Crippen molar-refractivity contribution in [1.29, 1.82) is 0 Å². The number of halogens is 4. The first-order chi connectivity index (χ1) is 22.2. The first-order valence-electron chi connectivity index (χ1n) is 15.3. The van der Waals surface area contributed by atoms with Crippen molar-refractivity contribution < 1.29 is 37.0 Å². The van der Waals surface area contributed by atoms with Gasteiger partial charge in [-0.3, -0.25) is 4.79 Å². The molecule has 0 bridgehead atoms. The Morgan fingerprint density at radius 2 is 1.68 bits per heavy atom. The van der Waals surface area contributed by atoms with Crippen LogP contribution >= 0.6 is 12.4 Å². The molecule has 11 heteroatoms. The molecule has 1 amide bonds. The third-order valence-corrected chi connectivity index (χ3v) is 7.34. The van der Waals surface area contributed by atoms with Crippen LogP contribution in [0, 0.1) is 0 Å². The molecule has 252 valence electrons. The highest BCUT2D eigenvalue weighted by Gasteiger charge is 2.30. The van der Waals surface area contributed by atoms with Gasteiger partial charge in [0.05, 0.1) is 11.1 Å². The van der Waals surface area contributed by atoms with E-state index in [0.717, 1.165) is 55.1 Å². The lowest BCUT2D eigenvalue weighted by Crippen LogP contribution is -2.34. The van der Waals surface area contributed by atoms with Crippen LogP contribution in [0.25, 0.3) is 6.08 Å². The van der Waals surface area contributed by atoms with Gasteiger partial charge >= 0.3 is 12.1 Å². The standard InChI is InChI=1S/C19H20F3NO2.C17H19NO3.ClH/c1-14(12-15-6-5-9-17(13-15)19(20,21)22)23-10-11-25-18(24)16-7-3-2-4-8-16;19-17(18-10-4-1-5-11-18)7-3-2-6-14-8-9-15-16(12-14)21-13-20-15;/h2-9,13-14,23H,10-12H2,1H3;2-3,6-9,12H,1,4-5,10-11,13H2;1H. The third kappa shape index (κ3) is 12.4. The van der Waals surface area contributed by atoms with Crippen molar-refractivity contribution in [1.82, 2.24) is 10.2 Å². The van der Waals surface area contributed by atoms with Gasteiger partial charge in [0.2, 0.25) is 12.7 Å². The molecule has 0 radical (unpaired) electrons. The Kier molecular flexibility index (Phi) is 14.8. The van der Waals surface area contributed by atoms with Gasteiger partial charge < -0.3 is 24.4 Å². The van der Waals surface area contributed by atoms with Gasteiger partial charge in [-0.05, 0) is 74.1 Å². The average Bonchev–Trinajstić information content (AvgIpc) is 3.54. The van der Waals surface area contributed by atoms with Gasteiger partial charge in [-0.25, -0.2) is 4.79 Å². The van der Waals surface area contributed by atoms with Crippen molar-refractivity contribution >= 4 is 30.4 Å². The van der Waals surface area contributed by atoms with Crippen LogP contribution in [0.3, 0.4) is 0 Å². The highest BCUT2D eigenvalue weighted by Crippen LogP contribution is 2.33. The van der Waals surface area contributed by atoms with Gasteiger partial charge in [0.25, 0.3) is 0 Å². The number of hydrogen-bond donors (Lipinski definition) is 1. The summed E-state index contributed by atoms with van der Waals surface area (Å²) in [7, 11) is 0. The fraction of sp³-hybridized carbons (Fsp3) is 0.333. The summed E-state index contributed by atoms with van der Waals surface area (Å²) in [6, 6.07) is 19.7. The number of likely N-dealkylation sites (tertiary alicyclic amines) is 1. The predicted octanol–water partition coefficient (Wildman–Crippen LogP) is 7.50. The molecular weight excluding hydrogens is 633 g/mol. The van der Waals surface area contributed by atoms with Crippen LogP contribution in [0.1, 0.15) is 53.2 Å². The van der Waals surface area contributed by atoms with Crippen molar-refractivity contribution in [3.63, 3.8) is 0 Å². The van der Waals surface area contributed by atoms with Crippen LogP contribution in [0.4, 0.5) is 13.2 Å². The van der Waals surface area contributed by atoms with E-state index in [-0.39, 0.29) is 37.8 Å². The zero-order valence-electron chi connectivity index (χ0n) is 26.2. The Hall–Kier alpha value is -4.28. The van der Waals surface area contributed by atoms with Gasteiger partial charge in [-0.15, -0.1) is 12.4 Å². The maximum atomic E-state index is 12.7. The fourth-order valence-corrected chi connectivity index (χ4v) is 4.95. The van der Waals surface area contributed by atoms with Crippen molar-refractivity contribution in [3.8, 4) is 11.5 Å². The third-order valence-electron chi connectivity index (χ3n) is 7.34. The highest BCUT2D eigenvalue weighted by molar-refractivity contribution is 5.89. The molecule has 0 aromatic heterocycles. The first kappa shape index (κ1) is 37.2. The van der Waals surface area contributed by atoms with Gasteiger partial charge in [0.1, 0.15) is 6.61 Å². The van der Waals surface area contributed by atoms with E-state index in [1.165, 1.54) is 12.5 Å². The van der Waals surface area contributed by atoms with Gasteiger partial charge in [-0.2, -0.15) is 13.2 Å². The summed E-state index contributed by atoms with van der Waals surface area (Å²) in [6.45, 7) is 4.55. The van der Waals surface area contributed by atoms with Crippen LogP contribution in [-0.2, 0) is 22.1 Å². The molecule has 2 heterocycles. The first-order valence-corrected chi connectivity index (χ1v) is 15.3. The van der Waals surface area contributed by atoms with Crippen LogP contribution in [-0.4, -0.2) is 55.9 Å². The maximum absolute atomic E-state index is 12.7. The monoisotopic (exact) mass is 672 g/mol. The summed E-state index contributed by atoms with van der Waals surface area (Å²) < 4.78 is 53.9. The number of fused-ring (bicyclic) bond motifs is 1. The van der Waals surface area contributed by atoms with Crippen LogP contribution in [0.5, 0.6) is 11.5 Å². The SMILES string of the molecule is CC(Cc1cccc(C(F)(F)F)c1)NCCOC(=O)c1ccccc1.Cl.O=C(C=CC=Cc1ccc2c(c1)OCO2)N1CCCCC1. The molecule has 1 N–H and O–H groups in total. The summed E-state index contributed by atoms with van der Waals surface area (Å²) >= 11 is 0. The summed E-state index contributed by atoms with van der Waals surface area (Å²) in [4.78, 5) is 25.6. The summed E-state index contributed by atoms with van der Waals surface area (Å²) in [5, 5.41) is 3.14. The molecule has 0 saturated carbocycles. The number of hydrogen-bond acceptors (Lipinski definition) is 6. The predicted molar refractivity (Wildman–Crippen MR) is 178 cm³/mol. The lowest BCUT2D eigenvalue weighted by molar-refractivity contribution is -0.137. The molecule has 2 aliphatic heterocycles.